The maximum atomic E-state index is 14.1. The summed E-state index contributed by atoms with van der Waals surface area (Å²) in [5.41, 5.74) is 4.30. The van der Waals surface area contributed by atoms with E-state index in [-0.39, 0.29) is 18.3 Å². The number of primary amides is 1. The summed E-state index contributed by atoms with van der Waals surface area (Å²) in [5.74, 6) is -4.11. The lowest BCUT2D eigenvalue weighted by atomic mass is 10.1. The molecule has 2 rings (SSSR count). The van der Waals surface area contributed by atoms with Crippen molar-refractivity contribution in [2.45, 2.75) is 31.7 Å². The largest absolute Gasteiger partial charge is 0.478 e. The molecule has 0 spiro atoms. The highest BCUT2D eigenvalue weighted by atomic mass is 19.1. The Kier molecular flexibility index (Phi) is 4.40. The van der Waals surface area contributed by atoms with Gasteiger partial charge in [0.05, 0.1) is 12.1 Å². The number of rotatable bonds is 5. The first-order chi connectivity index (χ1) is 9.90. The number of anilines is 1. The van der Waals surface area contributed by atoms with E-state index in [1.54, 1.807) is 0 Å². The molecule has 0 aromatic heterocycles. The summed E-state index contributed by atoms with van der Waals surface area (Å²) in [5, 5.41) is 8.80. The van der Waals surface area contributed by atoms with E-state index in [0.717, 1.165) is 25.0 Å². The lowest BCUT2D eigenvalue weighted by Crippen LogP contribution is -2.41. The van der Waals surface area contributed by atoms with Gasteiger partial charge >= 0.3 is 5.97 Å². The number of benzene rings is 1. The maximum absolute atomic E-state index is 14.1. The fraction of sp³-hybridized carbons (Fsp3) is 0.429. The molecule has 1 saturated carbocycles. The van der Waals surface area contributed by atoms with Crippen molar-refractivity contribution in [3.8, 4) is 0 Å². The number of hydrogen-bond donors (Lipinski definition) is 2. The summed E-state index contributed by atoms with van der Waals surface area (Å²) in [6, 6.07) is 1.34. The number of carbonyl (C=O) groups is 2. The Bertz CT molecular complexity index is 548. The van der Waals surface area contributed by atoms with Gasteiger partial charge in [-0.15, -0.1) is 0 Å². The topological polar surface area (TPSA) is 83.6 Å². The molecule has 1 fully saturated rings. The van der Waals surface area contributed by atoms with E-state index in [4.69, 9.17) is 10.8 Å². The van der Waals surface area contributed by atoms with Crippen LogP contribution in [0.4, 0.5) is 14.5 Å². The molecule has 0 aliphatic heterocycles. The summed E-state index contributed by atoms with van der Waals surface area (Å²) >= 11 is 0. The number of aromatic carboxylic acids is 1. The Morgan fingerprint density at radius 3 is 2.19 bits per heavy atom. The highest BCUT2D eigenvalue weighted by Crippen LogP contribution is 2.32. The summed E-state index contributed by atoms with van der Waals surface area (Å²) < 4.78 is 28.3. The average Bonchev–Trinajstić information content (AvgIpc) is 2.89. The van der Waals surface area contributed by atoms with Gasteiger partial charge in [-0.2, -0.15) is 0 Å². The summed E-state index contributed by atoms with van der Waals surface area (Å²) in [6.45, 7) is -0.301. The van der Waals surface area contributed by atoms with Crippen molar-refractivity contribution in [2.24, 2.45) is 5.73 Å². The number of carboxylic acid groups (broad SMARTS) is 1. The number of halogens is 2. The van der Waals surface area contributed by atoms with Gasteiger partial charge < -0.3 is 15.7 Å². The maximum Gasteiger partial charge on any atom is 0.335 e. The molecule has 5 nitrogen and oxygen atoms in total. The van der Waals surface area contributed by atoms with Crippen molar-refractivity contribution in [1.82, 2.24) is 0 Å². The van der Waals surface area contributed by atoms with Gasteiger partial charge in [-0.3, -0.25) is 4.79 Å². The third-order valence-corrected chi connectivity index (χ3v) is 3.64. The molecule has 0 atom stereocenters. The van der Waals surface area contributed by atoms with E-state index in [1.165, 1.54) is 4.90 Å². The molecule has 0 bridgehead atoms. The molecule has 1 aromatic rings. The zero-order chi connectivity index (χ0) is 15.6. The van der Waals surface area contributed by atoms with E-state index >= 15 is 0 Å². The molecule has 1 aliphatic carbocycles. The number of carboxylic acids is 1. The van der Waals surface area contributed by atoms with Crippen molar-refractivity contribution < 1.29 is 23.5 Å². The Labute approximate surface area is 120 Å². The van der Waals surface area contributed by atoms with Crippen LogP contribution in [-0.2, 0) is 4.79 Å². The van der Waals surface area contributed by atoms with Crippen molar-refractivity contribution in [3.05, 3.63) is 29.3 Å². The van der Waals surface area contributed by atoms with Gasteiger partial charge in [0.1, 0.15) is 17.3 Å². The normalized spacial score (nSPS) is 15.1. The summed E-state index contributed by atoms with van der Waals surface area (Å²) in [6.07, 6.45) is 3.26. The van der Waals surface area contributed by atoms with Crippen molar-refractivity contribution in [2.75, 3.05) is 11.4 Å². The standard InChI is InChI=1S/C14H16F2N2O3/c15-10-5-8(14(20)21)6-11(16)13(10)18(7-12(17)19)9-3-1-2-4-9/h5-6,9H,1-4,7H2,(H2,17,19)(H,20,21). The fourth-order valence-electron chi connectivity index (χ4n) is 2.74. The second-order valence-corrected chi connectivity index (χ2v) is 5.13. The van der Waals surface area contributed by atoms with Crippen LogP contribution >= 0.6 is 0 Å². The minimum Gasteiger partial charge on any atom is -0.478 e. The van der Waals surface area contributed by atoms with E-state index in [9.17, 15) is 18.4 Å². The number of amides is 1. The first kappa shape index (κ1) is 15.2. The van der Waals surface area contributed by atoms with Crippen LogP contribution in [0, 0.1) is 11.6 Å². The van der Waals surface area contributed by atoms with Crippen LogP contribution in [0.3, 0.4) is 0 Å². The molecule has 114 valence electrons. The molecule has 0 saturated heterocycles. The number of nitrogens with zero attached hydrogens (tertiary/aromatic N) is 1. The van der Waals surface area contributed by atoms with E-state index in [2.05, 4.69) is 0 Å². The molecule has 1 amide bonds. The molecular weight excluding hydrogens is 282 g/mol. The third kappa shape index (κ3) is 3.29. The Balaban J connectivity index is 2.43. The van der Waals surface area contributed by atoms with Crippen molar-refractivity contribution >= 4 is 17.6 Å². The summed E-state index contributed by atoms with van der Waals surface area (Å²) in [4.78, 5) is 23.3. The predicted octanol–water partition coefficient (Wildman–Crippen LogP) is 1.90. The Morgan fingerprint density at radius 2 is 1.76 bits per heavy atom. The molecule has 21 heavy (non-hydrogen) atoms. The molecule has 0 radical (unpaired) electrons. The van der Waals surface area contributed by atoms with Gasteiger partial charge in [0, 0.05) is 6.04 Å². The molecule has 1 aliphatic rings. The first-order valence-corrected chi connectivity index (χ1v) is 6.67. The van der Waals surface area contributed by atoms with Crippen LogP contribution in [0.25, 0.3) is 0 Å². The lowest BCUT2D eigenvalue weighted by Gasteiger charge is -2.30. The van der Waals surface area contributed by atoms with Crippen LogP contribution < -0.4 is 10.6 Å². The Morgan fingerprint density at radius 1 is 1.24 bits per heavy atom. The smallest absolute Gasteiger partial charge is 0.335 e. The van der Waals surface area contributed by atoms with Crippen LogP contribution in [0.2, 0.25) is 0 Å². The molecule has 0 unspecified atom stereocenters. The van der Waals surface area contributed by atoms with Gasteiger partial charge in [0.15, 0.2) is 0 Å². The zero-order valence-electron chi connectivity index (χ0n) is 11.3. The minimum absolute atomic E-state index is 0.169. The highest BCUT2D eigenvalue weighted by Gasteiger charge is 2.29. The Hall–Kier alpha value is -2.18. The van der Waals surface area contributed by atoms with Gasteiger partial charge in [-0.25, -0.2) is 13.6 Å². The molecule has 0 heterocycles. The van der Waals surface area contributed by atoms with Crippen LogP contribution in [0.5, 0.6) is 0 Å². The lowest BCUT2D eigenvalue weighted by molar-refractivity contribution is -0.116. The average molecular weight is 298 g/mol. The highest BCUT2D eigenvalue weighted by molar-refractivity contribution is 5.88. The predicted molar refractivity (Wildman–Crippen MR) is 72.1 cm³/mol. The second kappa shape index (κ2) is 6.07. The van der Waals surface area contributed by atoms with Gasteiger partial charge in [0.25, 0.3) is 0 Å². The summed E-state index contributed by atoms with van der Waals surface area (Å²) in [7, 11) is 0. The quantitative estimate of drug-likeness (QED) is 0.869. The zero-order valence-corrected chi connectivity index (χ0v) is 11.3. The van der Waals surface area contributed by atoms with E-state index in [1.807, 2.05) is 0 Å². The van der Waals surface area contributed by atoms with E-state index < -0.39 is 29.1 Å². The first-order valence-electron chi connectivity index (χ1n) is 6.67. The number of hydrogen-bond acceptors (Lipinski definition) is 3. The number of carbonyl (C=O) groups excluding carboxylic acids is 1. The van der Waals surface area contributed by atoms with Crippen LogP contribution in [0.1, 0.15) is 36.0 Å². The molecule has 1 aromatic carbocycles. The van der Waals surface area contributed by atoms with Gasteiger partial charge in [-0.1, -0.05) is 12.8 Å². The van der Waals surface area contributed by atoms with Gasteiger partial charge in [-0.05, 0) is 25.0 Å². The molecule has 7 heteroatoms. The van der Waals surface area contributed by atoms with Crippen LogP contribution in [-0.4, -0.2) is 29.6 Å². The monoisotopic (exact) mass is 298 g/mol. The molecule has 3 N–H and O–H groups in total. The SMILES string of the molecule is NC(=O)CN(c1c(F)cc(C(=O)O)cc1F)C1CCCC1. The van der Waals surface area contributed by atoms with Crippen LogP contribution in [0.15, 0.2) is 12.1 Å². The number of nitrogens with two attached hydrogens (primary N) is 1. The van der Waals surface area contributed by atoms with Crippen molar-refractivity contribution in [1.29, 1.82) is 0 Å². The third-order valence-electron chi connectivity index (χ3n) is 3.64. The second-order valence-electron chi connectivity index (χ2n) is 5.13. The van der Waals surface area contributed by atoms with E-state index in [0.29, 0.717) is 12.8 Å². The molecular formula is C14H16F2N2O3. The minimum atomic E-state index is -1.42. The van der Waals surface area contributed by atoms with Crippen molar-refractivity contribution in [3.63, 3.8) is 0 Å². The fourth-order valence-corrected chi connectivity index (χ4v) is 2.74. The van der Waals surface area contributed by atoms with Gasteiger partial charge in [0.2, 0.25) is 5.91 Å².